The van der Waals surface area contributed by atoms with E-state index < -0.39 is 11.5 Å². The zero-order chi connectivity index (χ0) is 13.5. The van der Waals surface area contributed by atoms with Crippen LogP contribution in [-0.2, 0) is 4.79 Å². The summed E-state index contributed by atoms with van der Waals surface area (Å²) < 4.78 is 0. The summed E-state index contributed by atoms with van der Waals surface area (Å²) in [6.07, 6.45) is 4.55. The van der Waals surface area contributed by atoms with Crippen LogP contribution in [-0.4, -0.2) is 64.7 Å². The maximum atomic E-state index is 12.1. The van der Waals surface area contributed by atoms with Crippen molar-refractivity contribution in [2.24, 2.45) is 0 Å². The average Bonchev–Trinajstić information content (AvgIpc) is 3.17. The van der Waals surface area contributed by atoms with Gasteiger partial charge in [0.1, 0.15) is 5.54 Å². The molecule has 0 spiro atoms. The number of hydrogen-bond acceptors (Lipinski definition) is 3. The minimum atomic E-state index is -0.995. The Hall–Kier alpha value is -1.30. The Balaban J connectivity index is 1.52. The Bertz CT molecular complexity index is 383. The van der Waals surface area contributed by atoms with E-state index in [0.717, 1.165) is 25.6 Å². The lowest BCUT2D eigenvalue weighted by molar-refractivity contribution is -0.148. The third-order valence-electron chi connectivity index (χ3n) is 4.63. The number of urea groups is 1. The van der Waals surface area contributed by atoms with Gasteiger partial charge in [-0.2, -0.15) is 0 Å². The van der Waals surface area contributed by atoms with Gasteiger partial charge >= 0.3 is 12.0 Å². The van der Waals surface area contributed by atoms with E-state index >= 15 is 0 Å². The van der Waals surface area contributed by atoms with Crippen LogP contribution in [0.15, 0.2) is 0 Å². The minimum Gasteiger partial charge on any atom is -0.480 e. The summed E-state index contributed by atoms with van der Waals surface area (Å²) in [4.78, 5) is 27.5. The Morgan fingerprint density at radius 3 is 2.16 bits per heavy atom. The first-order chi connectivity index (χ1) is 9.11. The van der Waals surface area contributed by atoms with Crippen LogP contribution in [0.1, 0.15) is 32.1 Å². The van der Waals surface area contributed by atoms with Crippen molar-refractivity contribution in [3.05, 3.63) is 0 Å². The highest BCUT2D eigenvalue weighted by molar-refractivity contribution is 5.87. The average molecular weight is 267 g/mol. The molecule has 0 atom stereocenters. The van der Waals surface area contributed by atoms with Crippen LogP contribution >= 0.6 is 0 Å². The molecule has 0 aromatic heterocycles. The molecule has 1 aliphatic heterocycles. The highest BCUT2D eigenvalue weighted by Gasteiger charge is 2.46. The van der Waals surface area contributed by atoms with Crippen molar-refractivity contribution in [1.29, 1.82) is 0 Å². The maximum absolute atomic E-state index is 12.1. The number of hydrogen-bond donors (Lipinski definition) is 2. The molecule has 2 aliphatic carbocycles. The molecule has 0 aromatic carbocycles. The lowest BCUT2D eigenvalue weighted by Crippen LogP contribution is -2.63. The number of rotatable bonds is 3. The molecule has 0 radical (unpaired) electrons. The molecule has 1 heterocycles. The number of carboxylic acids is 1. The van der Waals surface area contributed by atoms with Gasteiger partial charge in [0, 0.05) is 32.2 Å². The third-order valence-corrected chi connectivity index (χ3v) is 4.63. The number of piperazine rings is 1. The van der Waals surface area contributed by atoms with E-state index in [1.54, 1.807) is 4.90 Å². The molecule has 106 valence electrons. The summed E-state index contributed by atoms with van der Waals surface area (Å²) in [7, 11) is 0. The maximum Gasteiger partial charge on any atom is 0.329 e. The molecule has 3 aliphatic rings. The van der Waals surface area contributed by atoms with Crippen molar-refractivity contribution in [1.82, 2.24) is 15.1 Å². The molecule has 0 unspecified atom stereocenters. The molecular formula is C13H21N3O3. The molecule has 3 rings (SSSR count). The molecule has 1 saturated heterocycles. The second kappa shape index (κ2) is 4.67. The van der Waals surface area contributed by atoms with Crippen molar-refractivity contribution < 1.29 is 14.7 Å². The number of nitrogens with one attached hydrogen (secondary N) is 1. The Morgan fingerprint density at radius 1 is 1.11 bits per heavy atom. The molecule has 3 fully saturated rings. The summed E-state index contributed by atoms with van der Waals surface area (Å²) in [6, 6.07) is 0.528. The summed E-state index contributed by atoms with van der Waals surface area (Å²) in [5.74, 6) is -0.899. The highest BCUT2D eigenvalue weighted by atomic mass is 16.4. The highest BCUT2D eigenvalue weighted by Crippen LogP contribution is 2.32. The van der Waals surface area contributed by atoms with Crippen LogP contribution in [0.3, 0.4) is 0 Å². The SMILES string of the molecule is O=C(NC1(C(=O)O)CCC1)N1CCN(C2CC2)CC1. The fourth-order valence-electron chi connectivity index (χ4n) is 2.94. The first kappa shape index (κ1) is 12.7. The van der Waals surface area contributed by atoms with Crippen LogP contribution in [0, 0.1) is 0 Å². The van der Waals surface area contributed by atoms with Crippen molar-refractivity contribution in [2.75, 3.05) is 26.2 Å². The smallest absolute Gasteiger partial charge is 0.329 e. The molecule has 6 nitrogen and oxygen atoms in total. The summed E-state index contributed by atoms with van der Waals surface area (Å²) in [5, 5.41) is 11.9. The molecule has 2 amide bonds. The third kappa shape index (κ3) is 2.41. The number of carbonyl (C=O) groups excluding carboxylic acids is 1. The van der Waals surface area contributed by atoms with Gasteiger partial charge in [-0.15, -0.1) is 0 Å². The van der Waals surface area contributed by atoms with Gasteiger partial charge in [-0.3, -0.25) is 4.90 Å². The van der Waals surface area contributed by atoms with E-state index in [4.69, 9.17) is 0 Å². The first-order valence-corrected chi connectivity index (χ1v) is 7.15. The number of amides is 2. The zero-order valence-electron chi connectivity index (χ0n) is 11.1. The van der Waals surface area contributed by atoms with Gasteiger partial charge in [0.05, 0.1) is 0 Å². The van der Waals surface area contributed by atoms with Crippen LogP contribution in [0.5, 0.6) is 0 Å². The standard InChI is InChI=1S/C13H21N3O3/c17-11(18)13(4-1-5-13)14-12(19)16-8-6-15(7-9-16)10-2-3-10/h10H,1-9H2,(H,14,19)(H,17,18). The molecule has 6 heteroatoms. The van der Waals surface area contributed by atoms with Crippen molar-refractivity contribution in [2.45, 2.75) is 43.7 Å². The first-order valence-electron chi connectivity index (χ1n) is 7.15. The molecular weight excluding hydrogens is 246 g/mol. The van der Waals surface area contributed by atoms with Crippen LogP contribution in [0.25, 0.3) is 0 Å². The van der Waals surface area contributed by atoms with E-state index in [1.807, 2.05) is 0 Å². The van der Waals surface area contributed by atoms with E-state index in [0.29, 0.717) is 25.9 Å². The van der Waals surface area contributed by atoms with E-state index in [9.17, 15) is 14.7 Å². The van der Waals surface area contributed by atoms with Gasteiger partial charge in [0.2, 0.25) is 0 Å². The number of carbonyl (C=O) groups is 2. The number of nitrogens with zero attached hydrogens (tertiary/aromatic N) is 2. The molecule has 2 N–H and O–H groups in total. The quantitative estimate of drug-likeness (QED) is 0.780. The monoisotopic (exact) mass is 267 g/mol. The van der Waals surface area contributed by atoms with Gasteiger partial charge in [-0.1, -0.05) is 0 Å². The minimum absolute atomic E-state index is 0.211. The van der Waals surface area contributed by atoms with Crippen molar-refractivity contribution in [3.63, 3.8) is 0 Å². The number of aliphatic carboxylic acids is 1. The zero-order valence-corrected chi connectivity index (χ0v) is 11.1. The molecule has 19 heavy (non-hydrogen) atoms. The van der Waals surface area contributed by atoms with Gasteiger partial charge in [0.15, 0.2) is 0 Å². The fraction of sp³-hybridized carbons (Fsp3) is 0.846. The van der Waals surface area contributed by atoms with Crippen molar-refractivity contribution in [3.8, 4) is 0 Å². The summed E-state index contributed by atoms with van der Waals surface area (Å²) >= 11 is 0. The van der Waals surface area contributed by atoms with Crippen LogP contribution < -0.4 is 5.32 Å². The van der Waals surface area contributed by atoms with Gasteiger partial charge in [0.25, 0.3) is 0 Å². The summed E-state index contributed by atoms with van der Waals surface area (Å²) in [6.45, 7) is 3.24. The second-order valence-corrected chi connectivity index (χ2v) is 5.93. The van der Waals surface area contributed by atoms with Gasteiger partial charge < -0.3 is 15.3 Å². The lowest BCUT2D eigenvalue weighted by Gasteiger charge is -2.41. The normalized spacial score (nSPS) is 26.6. The number of carboxylic acid groups (broad SMARTS) is 1. The largest absolute Gasteiger partial charge is 0.480 e. The van der Waals surface area contributed by atoms with E-state index in [1.165, 1.54) is 12.8 Å². The Morgan fingerprint density at radius 2 is 1.74 bits per heavy atom. The summed E-state index contributed by atoms with van der Waals surface area (Å²) in [5.41, 5.74) is -0.995. The Labute approximate surface area is 112 Å². The lowest BCUT2D eigenvalue weighted by atomic mass is 9.77. The molecule has 0 aromatic rings. The predicted octanol–water partition coefficient (Wildman–Crippen LogP) is 0.483. The van der Waals surface area contributed by atoms with Crippen molar-refractivity contribution >= 4 is 12.0 Å². The molecule has 0 bridgehead atoms. The Kier molecular flexibility index (Phi) is 3.12. The fourth-order valence-corrected chi connectivity index (χ4v) is 2.94. The second-order valence-electron chi connectivity index (χ2n) is 5.93. The molecule has 2 saturated carbocycles. The van der Waals surface area contributed by atoms with Crippen LogP contribution in [0.4, 0.5) is 4.79 Å². The van der Waals surface area contributed by atoms with Crippen LogP contribution in [0.2, 0.25) is 0 Å². The van der Waals surface area contributed by atoms with Gasteiger partial charge in [-0.25, -0.2) is 9.59 Å². The van der Waals surface area contributed by atoms with Gasteiger partial charge in [-0.05, 0) is 32.1 Å². The van der Waals surface area contributed by atoms with E-state index in [2.05, 4.69) is 10.2 Å². The predicted molar refractivity (Wildman–Crippen MR) is 68.9 cm³/mol. The topological polar surface area (TPSA) is 72.9 Å². The van der Waals surface area contributed by atoms with E-state index in [-0.39, 0.29) is 6.03 Å².